The summed E-state index contributed by atoms with van der Waals surface area (Å²) in [5.74, 6) is 0.431. The van der Waals surface area contributed by atoms with Crippen molar-refractivity contribution in [2.75, 3.05) is 7.11 Å². The van der Waals surface area contributed by atoms with Crippen molar-refractivity contribution in [1.82, 2.24) is 9.97 Å². The van der Waals surface area contributed by atoms with Crippen LogP contribution in [0.15, 0.2) is 36.8 Å². The number of aromatic nitrogens is 2. The lowest BCUT2D eigenvalue weighted by atomic mass is 9.82. The number of Topliss-reactive ketones (excluding diaryl/α,β-unsaturated/α-hetero) is 1. The van der Waals surface area contributed by atoms with Crippen LogP contribution in [0.3, 0.4) is 0 Å². The van der Waals surface area contributed by atoms with E-state index >= 15 is 0 Å². The number of ether oxygens (including phenoxy) is 1. The lowest BCUT2D eigenvalue weighted by Gasteiger charge is -2.23. The largest absolute Gasteiger partial charge is 0.494 e. The molecular weight excluding hydrogens is 252 g/mol. The van der Waals surface area contributed by atoms with E-state index in [0.29, 0.717) is 11.3 Å². The molecule has 0 spiro atoms. The van der Waals surface area contributed by atoms with Crippen molar-refractivity contribution in [3.8, 4) is 5.75 Å². The van der Waals surface area contributed by atoms with Gasteiger partial charge in [0.1, 0.15) is 5.75 Å². The molecule has 20 heavy (non-hydrogen) atoms. The van der Waals surface area contributed by atoms with Gasteiger partial charge in [-0.25, -0.2) is 0 Å². The van der Waals surface area contributed by atoms with Crippen LogP contribution in [-0.2, 0) is 6.42 Å². The van der Waals surface area contributed by atoms with Crippen molar-refractivity contribution >= 4 is 5.78 Å². The minimum absolute atomic E-state index is 0.0731. The highest BCUT2D eigenvalue weighted by Gasteiger charge is 2.29. The van der Waals surface area contributed by atoms with Gasteiger partial charge in [0.15, 0.2) is 5.78 Å². The van der Waals surface area contributed by atoms with Crippen LogP contribution in [0.1, 0.15) is 40.4 Å². The SMILES string of the molecule is COc1cnccc1C(=O)C1CCCc2cccnc21. The summed E-state index contributed by atoms with van der Waals surface area (Å²) in [4.78, 5) is 21.2. The molecule has 0 N–H and O–H groups in total. The van der Waals surface area contributed by atoms with Crippen LogP contribution >= 0.6 is 0 Å². The molecule has 4 heteroatoms. The molecule has 3 rings (SSSR count). The third-order valence-electron chi connectivity index (χ3n) is 3.78. The Morgan fingerprint density at radius 2 is 2.25 bits per heavy atom. The second-order valence-corrected chi connectivity index (χ2v) is 4.93. The first-order chi connectivity index (χ1) is 9.81. The van der Waals surface area contributed by atoms with Crippen LogP contribution in [-0.4, -0.2) is 22.9 Å². The van der Waals surface area contributed by atoms with Crippen molar-refractivity contribution in [3.63, 3.8) is 0 Å². The van der Waals surface area contributed by atoms with Gasteiger partial charge in [-0.2, -0.15) is 0 Å². The molecule has 0 bridgehead atoms. The van der Waals surface area contributed by atoms with Crippen LogP contribution in [0.5, 0.6) is 5.75 Å². The van der Waals surface area contributed by atoms with Crippen LogP contribution in [0.4, 0.5) is 0 Å². The number of nitrogens with zero attached hydrogens (tertiary/aromatic N) is 2. The van der Waals surface area contributed by atoms with E-state index in [1.165, 1.54) is 5.56 Å². The zero-order valence-electron chi connectivity index (χ0n) is 11.4. The molecule has 1 aliphatic rings. The van der Waals surface area contributed by atoms with Gasteiger partial charge in [-0.15, -0.1) is 0 Å². The molecule has 0 fully saturated rings. The van der Waals surface area contributed by atoms with E-state index in [1.54, 1.807) is 31.8 Å². The Morgan fingerprint density at radius 1 is 1.35 bits per heavy atom. The minimum Gasteiger partial charge on any atom is -0.494 e. The molecule has 0 aromatic carbocycles. The molecular formula is C16H16N2O2. The Morgan fingerprint density at radius 3 is 3.10 bits per heavy atom. The summed E-state index contributed by atoms with van der Waals surface area (Å²) in [6.45, 7) is 0. The fourth-order valence-electron chi connectivity index (χ4n) is 2.80. The first kappa shape index (κ1) is 12.8. The Labute approximate surface area is 117 Å². The number of hydrogen-bond donors (Lipinski definition) is 0. The van der Waals surface area contributed by atoms with E-state index in [2.05, 4.69) is 16.0 Å². The average molecular weight is 268 g/mol. The van der Waals surface area contributed by atoms with Gasteiger partial charge in [-0.05, 0) is 37.0 Å². The van der Waals surface area contributed by atoms with E-state index in [-0.39, 0.29) is 11.7 Å². The van der Waals surface area contributed by atoms with Gasteiger partial charge in [-0.3, -0.25) is 14.8 Å². The third-order valence-corrected chi connectivity index (χ3v) is 3.78. The molecule has 0 aliphatic heterocycles. The summed E-state index contributed by atoms with van der Waals surface area (Å²) < 4.78 is 5.24. The van der Waals surface area contributed by atoms with E-state index in [0.717, 1.165) is 25.0 Å². The van der Waals surface area contributed by atoms with E-state index in [1.807, 2.05) is 6.07 Å². The Balaban J connectivity index is 2.00. The molecule has 2 aromatic rings. The normalized spacial score (nSPS) is 17.4. The zero-order chi connectivity index (χ0) is 13.9. The predicted molar refractivity (Wildman–Crippen MR) is 75.0 cm³/mol. The molecule has 0 amide bonds. The van der Waals surface area contributed by atoms with E-state index < -0.39 is 0 Å². The van der Waals surface area contributed by atoms with Gasteiger partial charge < -0.3 is 4.74 Å². The number of ketones is 1. The summed E-state index contributed by atoms with van der Waals surface area (Å²) >= 11 is 0. The molecule has 1 atom stereocenters. The van der Waals surface area contributed by atoms with Gasteiger partial charge in [0, 0.05) is 12.4 Å². The van der Waals surface area contributed by atoms with Crippen LogP contribution in [0, 0.1) is 0 Å². The summed E-state index contributed by atoms with van der Waals surface area (Å²) in [5, 5.41) is 0. The monoisotopic (exact) mass is 268 g/mol. The van der Waals surface area contributed by atoms with Gasteiger partial charge in [0.25, 0.3) is 0 Å². The lowest BCUT2D eigenvalue weighted by Crippen LogP contribution is -2.20. The van der Waals surface area contributed by atoms with Crippen molar-refractivity contribution < 1.29 is 9.53 Å². The highest BCUT2D eigenvalue weighted by molar-refractivity contribution is 6.03. The summed E-state index contributed by atoms with van der Waals surface area (Å²) in [7, 11) is 1.56. The zero-order valence-corrected chi connectivity index (χ0v) is 11.4. The predicted octanol–water partition coefficient (Wildman–Crippen LogP) is 2.79. The van der Waals surface area contributed by atoms with Gasteiger partial charge in [-0.1, -0.05) is 6.07 Å². The van der Waals surface area contributed by atoms with Gasteiger partial charge >= 0.3 is 0 Å². The Bertz CT molecular complexity index is 640. The second-order valence-electron chi connectivity index (χ2n) is 4.93. The fraction of sp³-hybridized carbons (Fsp3) is 0.312. The number of carbonyl (C=O) groups is 1. The van der Waals surface area contributed by atoms with Crippen LogP contribution in [0.2, 0.25) is 0 Å². The molecule has 0 saturated heterocycles. The topological polar surface area (TPSA) is 52.1 Å². The summed E-state index contributed by atoms with van der Waals surface area (Å²) in [5.41, 5.74) is 2.69. The van der Waals surface area contributed by atoms with Crippen LogP contribution in [0.25, 0.3) is 0 Å². The number of fused-ring (bicyclic) bond motifs is 1. The number of methoxy groups -OCH3 is 1. The van der Waals surface area contributed by atoms with Crippen molar-refractivity contribution in [2.45, 2.75) is 25.2 Å². The maximum Gasteiger partial charge on any atom is 0.175 e. The van der Waals surface area contributed by atoms with Gasteiger partial charge in [0.05, 0.1) is 30.5 Å². The molecule has 1 aliphatic carbocycles. The standard InChI is InChI=1S/C16H16N2O2/c1-20-14-10-17-9-7-12(14)16(19)13-6-2-4-11-5-3-8-18-15(11)13/h3,5,7-10,13H,2,4,6H2,1H3. The molecule has 2 heterocycles. The van der Waals surface area contributed by atoms with E-state index in [9.17, 15) is 4.79 Å². The average Bonchev–Trinajstić information content (AvgIpc) is 2.53. The van der Waals surface area contributed by atoms with Crippen molar-refractivity contribution in [1.29, 1.82) is 0 Å². The highest BCUT2D eigenvalue weighted by Crippen LogP contribution is 2.34. The number of aryl methyl sites for hydroxylation is 1. The molecule has 2 aromatic heterocycles. The van der Waals surface area contributed by atoms with Crippen molar-refractivity contribution in [2.24, 2.45) is 0 Å². The number of rotatable bonds is 3. The molecule has 1 unspecified atom stereocenters. The smallest absolute Gasteiger partial charge is 0.175 e. The number of hydrogen-bond acceptors (Lipinski definition) is 4. The first-order valence-electron chi connectivity index (χ1n) is 6.77. The highest BCUT2D eigenvalue weighted by atomic mass is 16.5. The molecule has 0 radical (unpaired) electrons. The summed E-state index contributed by atoms with van der Waals surface area (Å²) in [6.07, 6.45) is 7.82. The Hall–Kier alpha value is -2.23. The van der Waals surface area contributed by atoms with Crippen LogP contribution < -0.4 is 4.74 Å². The maximum absolute atomic E-state index is 12.8. The fourth-order valence-corrected chi connectivity index (χ4v) is 2.80. The quantitative estimate of drug-likeness (QED) is 0.803. The van der Waals surface area contributed by atoms with E-state index in [4.69, 9.17) is 4.74 Å². The Kier molecular flexibility index (Phi) is 3.46. The summed E-state index contributed by atoms with van der Waals surface area (Å²) in [6, 6.07) is 5.71. The number of carbonyl (C=O) groups excluding carboxylic acids is 1. The minimum atomic E-state index is -0.170. The number of pyridine rings is 2. The molecule has 102 valence electrons. The van der Waals surface area contributed by atoms with Gasteiger partial charge in [0.2, 0.25) is 0 Å². The maximum atomic E-state index is 12.8. The second kappa shape index (κ2) is 5.41. The first-order valence-corrected chi connectivity index (χ1v) is 6.77. The third kappa shape index (κ3) is 2.18. The molecule has 4 nitrogen and oxygen atoms in total. The van der Waals surface area contributed by atoms with Crippen molar-refractivity contribution in [3.05, 3.63) is 53.6 Å². The lowest BCUT2D eigenvalue weighted by molar-refractivity contribution is 0.0945. The molecule has 0 saturated carbocycles.